The second-order valence-electron chi connectivity index (χ2n) is 4.64. The van der Waals surface area contributed by atoms with Crippen molar-refractivity contribution in [3.63, 3.8) is 0 Å². The Morgan fingerprint density at radius 1 is 1.40 bits per heavy atom. The minimum Gasteiger partial charge on any atom is -0.333 e. The molecule has 108 valence electrons. The number of nitrogens with zero attached hydrogens (tertiary/aromatic N) is 2. The van der Waals surface area contributed by atoms with Gasteiger partial charge in [-0.3, -0.25) is 0 Å². The van der Waals surface area contributed by atoms with Crippen molar-refractivity contribution in [3.05, 3.63) is 52.8 Å². The summed E-state index contributed by atoms with van der Waals surface area (Å²) in [5.41, 5.74) is 0.569. The third-order valence-corrected chi connectivity index (χ3v) is 3.39. The number of hydrogen-bond donors (Lipinski definition) is 1. The first-order valence-electron chi connectivity index (χ1n) is 6.86. The summed E-state index contributed by atoms with van der Waals surface area (Å²) in [5, 5.41) is 3.70. The monoisotopic (exact) mass is 295 g/mol. The van der Waals surface area contributed by atoms with E-state index in [9.17, 15) is 4.39 Å². The normalized spacial score (nSPS) is 12.6. The average Bonchev–Trinajstić information content (AvgIpc) is 2.85. The van der Waals surface area contributed by atoms with E-state index in [0.29, 0.717) is 10.6 Å². The highest BCUT2D eigenvalue weighted by molar-refractivity contribution is 6.30. The Kier molecular flexibility index (Phi) is 5.15. The van der Waals surface area contributed by atoms with Crippen LogP contribution >= 0.6 is 11.6 Å². The molecule has 0 amide bonds. The van der Waals surface area contributed by atoms with Crippen LogP contribution in [0.3, 0.4) is 0 Å². The number of aromatic nitrogens is 2. The number of benzene rings is 1. The summed E-state index contributed by atoms with van der Waals surface area (Å²) in [6.45, 7) is 5.70. The molecule has 0 aliphatic rings. The van der Waals surface area contributed by atoms with Gasteiger partial charge in [0.15, 0.2) is 0 Å². The molecule has 0 aliphatic carbocycles. The standard InChI is InChI=1S/C15H19ClFN3/c1-3-8-20-9-7-19-15(20)14(18-4-2)12-6-5-11(16)10-13(12)17/h5-7,9-10,14,18H,3-4,8H2,1-2H3. The molecule has 1 atom stereocenters. The van der Waals surface area contributed by atoms with Gasteiger partial charge in [0, 0.05) is 29.5 Å². The van der Waals surface area contributed by atoms with Gasteiger partial charge in [-0.1, -0.05) is 31.5 Å². The van der Waals surface area contributed by atoms with Gasteiger partial charge in [0.2, 0.25) is 0 Å². The van der Waals surface area contributed by atoms with E-state index >= 15 is 0 Å². The number of rotatable bonds is 6. The van der Waals surface area contributed by atoms with Crippen LogP contribution in [0.4, 0.5) is 4.39 Å². The molecule has 1 aromatic carbocycles. The van der Waals surface area contributed by atoms with Crippen LogP contribution in [0.2, 0.25) is 5.02 Å². The van der Waals surface area contributed by atoms with Crippen molar-refractivity contribution in [2.45, 2.75) is 32.9 Å². The quantitative estimate of drug-likeness (QED) is 0.879. The van der Waals surface area contributed by atoms with Crippen LogP contribution < -0.4 is 5.32 Å². The van der Waals surface area contributed by atoms with E-state index < -0.39 is 0 Å². The van der Waals surface area contributed by atoms with Gasteiger partial charge in [0.25, 0.3) is 0 Å². The molecule has 3 nitrogen and oxygen atoms in total. The molecule has 20 heavy (non-hydrogen) atoms. The Hall–Kier alpha value is -1.39. The molecule has 5 heteroatoms. The van der Waals surface area contributed by atoms with Crippen LogP contribution in [0.25, 0.3) is 0 Å². The Labute approximate surface area is 123 Å². The van der Waals surface area contributed by atoms with E-state index in [1.54, 1.807) is 18.3 Å². The zero-order chi connectivity index (χ0) is 14.5. The number of nitrogens with one attached hydrogen (secondary N) is 1. The van der Waals surface area contributed by atoms with E-state index in [-0.39, 0.29) is 11.9 Å². The van der Waals surface area contributed by atoms with Crippen LogP contribution in [-0.2, 0) is 6.54 Å². The zero-order valence-electron chi connectivity index (χ0n) is 11.7. The van der Waals surface area contributed by atoms with Gasteiger partial charge in [-0.05, 0) is 25.1 Å². The Balaban J connectivity index is 2.42. The smallest absolute Gasteiger partial charge is 0.130 e. The maximum Gasteiger partial charge on any atom is 0.130 e. The molecule has 0 bridgehead atoms. The molecule has 0 spiro atoms. The minimum absolute atomic E-state index is 0.265. The Morgan fingerprint density at radius 2 is 2.20 bits per heavy atom. The average molecular weight is 296 g/mol. The van der Waals surface area contributed by atoms with E-state index in [4.69, 9.17) is 11.6 Å². The van der Waals surface area contributed by atoms with E-state index in [0.717, 1.165) is 25.3 Å². The summed E-state index contributed by atoms with van der Waals surface area (Å²) in [5.74, 6) is 0.518. The van der Waals surface area contributed by atoms with Gasteiger partial charge in [-0.15, -0.1) is 0 Å². The molecule has 1 aromatic heterocycles. The summed E-state index contributed by atoms with van der Waals surface area (Å²) in [6, 6.07) is 4.50. The molecule has 0 fully saturated rings. The van der Waals surface area contributed by atoms with Gasteiger partial charge >= 0.3 is 0 Å². The topological polar surface area (TPSA) is 29.9 Å². The molecular formula is C15H19ClFN3. The molecule has 0 saturated heterocycles. The first kappa shape index (κ1) is 15.0. The zero-order valence-corrected chi connectivity index (χ0v) is 12.5. The largest absolute Gasteiger partial charge is 0.333 e. The van der Waals surface area contributed by atoms with Crippen molar-refractivity contribution < 1.29 is 4.39 Å². The van der Waals surface area contributed by atoms with E-state index in [1.807, 2.05) is 13.1 Å². The Bertz CT molecular complexity index is 568. The summed E-state index contributed by atoms with van der Waals surface area (Å²) in [4.78, 5) is 4.39. The van der Waals surface area contributed by atoms with Gasteiger partial charge in [0.1, 0.15) is 11.6 Å². The highest BCUT2D eigenvalue weighted by atomic mass is 35.5. The lowest BCUT2D eigenvalue weighted by atomic mass is 10.1. The van der Waals surface area contributed by atoms with Gasteiger partial charge in [0.05, 0.1) is 6.04 Å². The van der Waals surface area contributed by atoms with E-state index in [2.05, 4.69) is 21.8 Å². The van der Waals surface area contributed by atoms with Crippen molar-refractivity contribution >= 4 is 11.6 Å². The van der Waals surface area contributed by atoms with Gasteiger partial charge in [-0.2, -0.15) is 0 Å². The fourth-order valence-corrected chi connectivity index (χ4v) is 2.45. The second kappa shape index (κ2) is 6.86. The first-order valence-corrected chi connectivity index (χ1v) is 7.24. The molecule has 2 aromatic rings. The number of halogens is 2. The number of imidazole rings is 1. The highest BCUT2D eigenvalue weighted by Gasteiger charge is 2.21. The van der Waals surface area contributed by atoms with Crippen molar-refractivity contribution in [1.29, 1.82) is 0 Å². The van der Waals surface area contributed by atoms with Crippen molar-refractivity contribution in [1.82, 2.24) is 14.9 Å². The Morgan fingerprint density at radius 3 is 2.85 bits per heavy atom. The number of hydrogen-bond acceptors (Lipinski definition) is 2. The predicted octanol–water partition coefficient (Wildman–Crippen LogP) is 3.78. The molecule has 2 rings (SSSR count). The summed E-state index contributed by atoms with van der Waals surface area (Å²) in [7, 11) is 0. The molecule has 1 N–H and O–H groups in total. The molecule has 0 saturated carbocycles. The molecular weight excluding hydrogens is 277 g/mol. The molecule has 0 radical (unpaired) electrons. The number of aryl methyl sites for hydroxylation is 1. The summed E-state index contributed by atoms with van der Waals surface area (Å²) < 4.78 is 16.2. The van der Waals surface area contributed by atoms with Gasteiger partial charge < -0.3 is 9.88 Å². The maximum absolute atomic E-state index is 14.2. The predicted molar refractivity (Wildman–Crippen MR) is 79.4 cm³/mol. The lowest BCUT2D eigenvalue weighted by Crippen LogP contribution is -2.26. The molecule has 1 heterocycles. The van der Waals surface area contributed by atoms with Crippen LogP contribution in [0, 0.1) is 5.82 Å². The molecule has 1 unspecified atom stereocenters. The van der Waals surface area contributed by atoms with Crippen LogP contribution in [0.1, 0.15) is 37.7 Å². The fraction of sp³-hybridized carbons (Fsp3) is 0.400. The highest BCUT2D eigenvalue weighted by Crippen LogP contribution is 2.25. The third kappa shape index (κ3) is 3.19. The van der Waals surface area contributed by atoms with Crippen molar-refractivity contribution in [2.24, 2.45) is 0 Å². The SMILES string of the molecule is CCCn1ccnc1C(NCC)c1ccc(Cl)cc1F. The minimum atomic E-state index is -0.311. The first-order chi connectivity index (χ1) is 9.67. The third-order valence-electron chi connectivity index (χ3n) is 3.15. The fourth-order valence-electron chi connectivity index (χ4n) is 2.29. The van der Waals surface area contributed by atoms with Crippen LogP contribution in [0.15, 0.2) is 30.6 Å². The summed E-state index contributed by atoms with van der Waals surface area (Å²) >= 11 is 5.82. The van der Waals surface area contributed by atoms with E-state index in [1.165, 1.54) is 6.07 Å². The van der Waals surface area contributed by atoms with Crippen LogP contribution in [0.5, 0.6) is 0 Å². The maximum atomic E-state index is 14.2. The summed E-state index contributed by atoms with van der Waals surface area (Å²) in [6.07, 6.45) is 4.69. The van der Waals surface area contributed by atoms with Crippen molar-refractivity contribution in [2.75, 3.05) is 6.54 Å². The molecule has 0 aliphatic heterocycles. The van der Waals surface area contributed by atoms with Crippen molar-refractivity contribution in [3.8, 4) is 0 Å². The van der Waals surface area contributed by atoms with Gasteiger partial charge in [-0.25, -0.2) is 9.37 Å². The van der Waals surface area contributed by atoms with Crippen LogP contribution in [-0.4, -0.2) is 16.1 Å². The lowest BCUT2D eigenvalue weighted by Gasteiger charge is -2.20. The second-order valence-corrected chi connectivity index (χ2v) is 5.07. The lowest BCUT2D eigenvalue weighted by molar-refractivity contribution is 0.515.